The molecule has 3 amide bonds. The molecule has 0 radical (unpaired) electrons. The molecule has 6 nitrogen and oxygen atoms in total. The Kier molecular flexibility index (Phi) is 5.21. The Balaban J connectivity index is 1.58. The van der Waals surface area contributed by atoms with E-state index in [9.17, 15) is 14.4 Å². The highest BCUT2D eigenvalue weighted by Crippen LogP contribution is 2.26. The van der Waals surface area contributed by atoms with Crippen LogP contribution in [0.4, 0.5) is 0 Å². The fourth-order valence-electron chi connectivity index (χ4n) is 3.77. The van der Waals surface area contributed by atoms with Crippen LogP contribution in [-0.2, 0) is 16.0 Å². The summed E-state index contributed by atoms with van der Waals surface area (Å²) in [6.45, 7) is 1.08. The molecule has 28 heavy (non-hydrogen) atoms. The quantitative estimate of drug-likeness (QED) is 0.782. The van der Waals surface area contributed by atoms with E-state index < -0.39 is 17.9 Å². The van der Waals surface area contributed by atoms with Gasteiger partial charge in [0.1, 0.15) is 6.04 Å². The van der Waals surface area contributed by atoms with Crippen LogP contribution in [0.2, 0.25) is 0 Å². The van der Waals surface area contributed by atoms with Crippen LogP contribution in [0.3, 0.4) is 0 Å². The number of carbonyl (C=O) groups is 3. The van der Waals surface area contributed by atoms with E-state index in [0.717, 1.165) is 23.3 Å². The lowest BCUT2D eigenvalue weighted by Crippen LogP contribution is -2.51. The molecule has 144 valence electrons. The maximum absolute atomic E-state index is 13.0. The second-order valence-corrected chi connectivity index (χ2v) is 7.11. The van der Waals surface area contributed by atoms with Crippen LogP contribution in [0.15, 0.2) is 54.6 Å². The van der Waals surface area contributed by atoms with Gasteiger partial charge in [0.15, 0.2) is 0 Å². The SMILES string of the molecule is O=C(NC[C@@H]1CCCO1)[C@H](Cc1ccccc1)N1C(=O)c2ccccc2C1=O. The van der Waals surface area contributed by atoms with Crippen molar-refractivity contribution in [3.63, 3.8) is 0 Å². The predicted molar refractivity (Wildman–Crippen MR) is 103 cm³/mol. The van der Waals surface area contributed by atoms with Crippen LogP contribution >= 0.6 is 0 Å². The Morgan fingerprint density at radius 3 is 2.29 bits per heavy atom. The molecule has 1 N–H and O–H groups in total. The number of nitrogens with zero attached hydrogens (tertiary/aromatic N) is 1. The van der Waals surface area contributed by atoms with Gasteiger partial charge in [-0.25, -0.2) is 0 Å². The summed E-state index contributed by atoms with van der Waals surface area (Å²) in [4.78, 5) is 39.9. The Labute approximate surface area is 163 Å². The van der Waals surface area contributed by atoms with Gasteiger partial charge in [0.05, 0.1) is 17.2 Å². The van der Waals surface area contributed by atoms with Gasteiger partial charge < -0.3 is 10.1 Å². The summed E-state index contributed by atoms with van der Waals surface area (Å²) >= 11 is 0. The summed E-state index contributed by atoms with van der Waals surface area (Å²) in [5.41, 5.74) is 1.58. The molecule has 0 saturated carbocycles. The van der Waals surface area contributed by atoms with Crippen molar-refractivity contribution in [1.29, 1.82) is 0 Å². The summed E-state index contributed by atoms with van der Waals surface area (Å²) in [6, 6.07) is 15.2. The molecule has 0 spiro atoms. The number of rotatable bonds is 6. The smallest absolute Gasteiger partial charge is 0.262 e. The minimum Gasteiger partial charge on any atom is -0.376 e. The molecule has 1 fully saturated rings. The fourth-order valence-corrected chi connectivity index (χ4v) is 3.77. The summed E-state index contributed by atoms with van der Waals surface area (Å²) in [6.07, 6.45) is 2.13. The fraction of sp³-hybridized carbons (Fsp3) is 0.318. The number of ether oxygens (including phenoxy) is 1. The van der Waals surface area contributed by atoms with E-state index in [1.807, 2.05) is 30.3 Å². The zero-order chi connectivity index (χ0) is 19.5. The number of amides is 3. The van der Waals surface area contributed by atoms with Gasteiger partial charge in [-0.1, -0.05) is 42.5 Å². The van der Waals surface area contributed by atoms with Gasteiger partial charge in [-0.3, -0.25) is 19.3 Å². The summed E-state index contributed by atoms with van der Waals surface area (Å²) in [7, 11) is 0. The number of imide groups is 1. The van der Waals surface area contributed by atoms with Crippen molar-refractivity contribution in [2.45, 2.75) is 31.4 Å². The molecule has 2 aromatic rings. The van der Waals surface area contributed by atoms with E-state index in [2.05, 4.69) is 5.32 Å². The molecule has 6 heteroatoms. The van der Waals surface area contributed by atoms with Crippen molar-refractivity contribution in [3.8, 4) is 0 Å². The first-order valence-electron chi connectivity index (χ1n) is 9.55. The van der Waals surface area contributed by atoms with E-state index in [-0.39, 0.29) is 18.4 Å². The number of hydrogen-bond acceptors (Lipinski definition) is 4. The lowest BCUT2D eigenvalue weighted by molar-refractivity contribution is -0.125. The number of carbonyl (C=O) groups excluding carboxylic acids is 3. The molecule has 0 aromatic heterocycles. The first-order chi connectivity index (χ1) is 13.6. The zero-order valence-corrected chi connectivity index (χ0v) is 15.5. The molecular weight excluding hydrogens is 356 g/mol. The Morgan fingerprint density at radius 1 is 1.04 bits per heavy atom. The van der Waals surface area contributed by atoms with Gasteiger partial charge in [0.2, 0.25) is 5.91 Å². The van der Waals surface area contributed by atoms with E-state index >= 15 is 0 Å². The maximum atomic E-state index is 13.0. The Hall–Kier alpha value is -2.99. The van der Waals surface area contributed by atoms with E-state index in [1.54, 1.807) is 24.3 Å². The second kappa shape index (κ2) is 7.94. The zero-order valence-electron chi connectivity index (χ0n) is 15.5. The lowest BCUT2D eigenvalue weighted by Gasteiger charge is -2.26. The second-order valence-electron chi connectivity index (χ2n) is 7.11. The third-order valence-corrected chi connectivity index (χ3v) is 5.24. The Bertz CT molecular complexity index is 855. The van der Waals surface area contributed by atoms with Crippen molar-refractivity contribution in [1.82, 2.24) is 10.2 Å². The van der Waals surface area contributed by atoms with Crippen molar-refractivity contribution in [2.75, 3.05) is 13.2 Å². The van der Waals surface area contributed by atoms with Crippen molar-refractivity contribution in [2.24, 2.45) is 0 Å². The molecule has 2 atom stereocenters. The highest BCUT2D eigenvalue weighted by Gasteiger charge is 2.42. The van der Waals surface area contributed by atoms with E-state index in [4.69, 9.17) is 4.74 Å². The highest BCUT2D eigenvalue weighted by molar-refractivity contribution is 6.22. The predicted octanol–water partition coefficient (Wildman–Crippen LogP) is 2.19. The number of nitrogens with one attached hydrogen (secondary N) is 1. The largest absolute Gasteiger partial charge is 0.376 e. The first kappa shape index (κ1) is 18.4. The van der Waals surface area contributed by atoms with Gasteiger partial charge in [-0.2, -0.15) is 0 Å². The van der Waals surface area contributed by atoms with Gasteiger partial charge >= 0.3 is 0 Å². The van der Waals surface area contributed by atoms with Crippen molar-refractivity contribution < 1.29 is 19.1 Å². The van der Waals surface area contributed by atoms with Crippen LogP contribution in [0.5, 0.6) is 0 Å². The molecule has 2 heterocycles. The molecule has 2 aliphatic heterocycles. The number of fused-ring (bicyclic) bond motifs is 1. The first-order valence-corrected chi connectivity index (χ1v) is 9.55. The molecule has 0 unspecified atom stereocenters. The van der Waals surface area contributed by atoms with E-state index in [1.165, 1.54) is 0 Å². The monoisotopic (exact) mass is 378 g/mol. The van der Waals surface area contributed by atoms with E-state index in [0.29, 0.717) is 24.3 Å². The van der Waals surface area contributed by atoms with Crippen molar-refractivity contribution >= 4 is 17.7 Å². The highest BCUT2D eigenvalue weighted by atomic mass is 16.5. The maximum Gasteiger partial charge on any atom is 0.262 e. The minimum absolute atomic E-state index is 0.0106. The topological polar surface area (TPSA) is 75.7 Å². The van der Waals surface area contributed by atoms with Crippen LogP contribution < -0.4 is 5.32 Å². The molecule has 2 aliphatic rings. The summed E-state index contributed by atoms with van der Waals surface area (Å²) in [5.74, 6) is -1.18. The van der Waals surface area contributed by atoms with Crippen LogP contribution in [0.1, 0.15) is 39.1 Å². The third kappa shape index (κ3) is 3.55. The number of hydrogen-bond donors (Lipinski definition) is 1. The molecule has 0 aliphatic carbocycles. The standard InChI is InChI=1S/C22H22N2O4/c25-20(23-14-16-9-6-12-28-16)19(13-15-7-2-1-3-8-15)24-21(26)17-10-4-5-11-18(17)22(24)27/h1-5,7-8,10-11,16,19H,6,9,12-14H2,(H,23,25)/t16-,19-/m0/s1. The van der Waals surface area contributed by atoms with Crippen LogP contribution in [0, 0.1) is 0 Å². The summed E-state index contributed by atoms with van der Waals surface area (Å²) in [5, 5.41) is 2.88. The summed E-state index contributed by atoms with van der Waals surface area (Å²) < 4.78 is 5.56. The normalized spacial score (nSPS) is 19.6. The average molecular weight is 378 g/mol. The van der Waals surface area contributed by atoms with Gasteiger partial charge in [-0.05, 0) is 30.5 Å². The lowest BCUT2D eigenvalue weighted by atomic mass is 10.0. The molecule has 1 saturated heterocycles. The molecular formula is C22H22N2O4. The van der Waals surface area contributed by atoms with Gasteiger partial charge in [0.25, 0.3) is 11.8 Å². The van der Waals surface area contributed by atoms with Gasteiger partial charge in [-0.15, -0.1) is 0 Å². The van der Waals surface area contributed by atoms with Crippen LogP contribution in [0.25, 0.3) is 0 Å². The minimum atomic E-state index is -0.906. The number of benzene rings is 2. The Morgan fingerprint density at radius 2 is 1.68 bits per heavy atom. The third-order valence-electron chi connectivity index (χ3n) is 5.24. The van der Waals surface area contributed by atoms with Crippen molar-refractivity contribution in [3.05, 3.63) is 71.3 Å². The molecule has 4 rings (SSSR count). The van der Waals surface area contributed by atoms with Crippen LogP contribution in [-0.4, -0.2) is 47.9 Å². The average Bonchev–Trinajstić information content (AvgIpc) is 3.33. The molecule has 0 bridgehead atoms. The van der Waals surface area contributed by atoms with Gasteiger partial charge in [0, 0.05) is 19.6 Å². The molecule has 2 aromatic carbocycles.